The van der Waals surface area contributed by atoms with Crippen molar-refractivity contribution in [3.63, 3.8) is 0 Å². The van der Waals surface area contributed by atoms with Crippen molar-refractivity contribution < 1.29 is 0 Å². The fraction of sp³-hybridized carbons (Fsp3) is 0.0556. The van der Waals surface area contributed by atoms with Crippen molar-refractivity contribution in [2.75, 3.05) is 0 Å². The second kappa shape index (κ2) is 4.20. The van der Waals surface area contributed by atoms with Crippen LogP contribution in [0.3, 0.4) is 0 Å². The summed E-state index contributed by atoms with van der Waals surface area (Å²) < 4.78 is 2.23. The van der Waals surface area contributed by atoms with Gasteiger partial charge in [0.05, 0.1) is 17.4 Å². The average molecular weight is 258 g/mol. The minimum Gasteiger partial charge on any atom is -0.292 e. The molecule has 2 heterocycles. The SMILES string of the molecule is Cc1cccc(-c2cnc3ccc4ccccc4n23)c1. The van der Waals surface area contributed by atoms with Gasteiger partial charge < -0.3 is 0 Å². The number of hydrogen-bond donors (Lipinski definition) is 0. The lowest BCUT2D eigenvalue weighted by Gasteiger charge is -2.07. The largest absolute Gasteiger partial charge is 0.292 e. The summed E-state index contributed by atoms with van der Waals surface area (Å²) in [6.07, 6.45) is 1.95. The topological polar surface area (TPSA) is 17.3 Å². The quantitative estimate of drug-likeness (QED) is 0.492. The van der Waals surface area contributed by atoms with E-state index in [9.17, 15) is 0 Å². The Hall–Kier alpha value is -2.61. The molecule has 0 radical (unpaired) electrons. The molecule has 0 saturated carbocycles. The molecule has 4 rings (SSSR count). The van der Waals surface area contributed by atoms with Crippen LogP contribution in [0.25, 0.3) is 27.8 Å². The molecule has 0 aliphatic rings. The summed E-state index contributed by atoms with van der Waals surface area (Å²) in [6, 6.07) is 21.2. The summed E-state index contributed by atoms with van der Waals surface area (Å²) in [4.78, 5) is 4.54. The maximum absolute atomic E-state index is 4.54. The van der Waals surface area contributed by atoms with Gasteiger partial charge in [-0.15, -0.1) is 0 Å². The third-order valence-electron chi connectivity index (χ3n) is 3.69. The van der Waals surface area contributed by atoms with Crippen LogP contribution in [-0.4, -0.2) is 9.38 Å². The Balaban J connectivity index is 2.12. The van der Waals surface area contributed by atoms with Gasteiger partial charge in [0.25, 0.3) is 0 Å². The number of pyridine rings is 1. The molecule has 0 aliphatic heterocycles. The zero-order valence-corrected chi connectivity index (χ0v) is 11.2. The number of para-hydroxylation sites is 1. The van der Waals surface area contributed by atoms with Crippen LogP contribution in [0.1, 0.15) is 5.56 Å². The Morgan fingerprint density at radius 1 is 0.900 bits per heavy atom. The monoisotopic (exact) mass is 258 g/mol. The lowest BCUT2D eigenvalue weighted by molar-refractivity contribution is 1.25. The predicted octanol–water partition coefficient (Wildman–Crippen LogP) is 4.46. The van der Waals surface area contributed by atoms with Crippen molar-refractivity contribution in [2.45, 2.75) is 6.92 Å². The molecule has 96 valence electrons. The molecule has 20 heavy (non-hydrogen) atoms. The Morgan fingerprint density at radius 3 is 2.70 bits per heavy atom. The molecule has 0 fully saturated rings. The van der Waals surface area contributed by atoms with Gasteiger partial charge in [-0.25, -0.2) is 4.98 Å². The van der Waals surface area contributed by atoms with Gasteiger partial charge in [-0.3, -0.25) is 4.40 Å². The average Bonchev–Trinajstić information content (AvgIpc) is 2.91. The number of aromatic nitrogens is 2. The van der Waals surface area contributed by atoms with Crippen LogP contribution < -0.4 is 0 Å². The van der Waals surface area contributed by atoms with Gasteiger partial charge >= 0.3 is 0 Å². The fourth-order valence-corrected chi connectivity index (χ4v) is 2.74. The van der Waals surface area contributed by atoms with E-state index < -0.39 is 0 Å². The van der Waals surface area contributed by atoms with Crippen molar-refractivity contribution in [1.82, 2.24) is 9.38 Å². The molecule has 2 aromatic heterocycles. The van der Waals surface area contributed by atoms with Crippen molar-refractivity contribution in [3.05, 3.63) is 72.4 Å². The zero-order valence-electron chi connectivity index (χ0n) is 11.2. The second-order valence-corrected chi connectivity index (χ2v) is 5.10. The van der Waals surface area contributed by atoms with E-state index in [0.29, 0.717) is 0 Å². The van der Waals surface area contributed by atoms with E-state index in [1.165, 1.54) is 22.0 Å². The Bertz CT molecular complexity index is 919. The van der Waals surface area contributed by atoms with Crippen LogP contribution in [0.4, 0.5) is 0 Å². The number of benzene rings is 2. The van der Waals surface area contributed by atoms with Gasteiger partial charge in [0.2, 0.25) is 0 Å². The molecule has 0 N–H and O–H groups in total. The van der Waals surface area contributed by atoms with Gasteiger partial charge in [0, 0.05) is 5.56 Å². The van der Waals surface area contributed by atoms with Gasteiger partial charge in [0.15, 0.2) is 0 Å². The molecule has 2 nitrogen and oxygen atoms in total. The minimum atomic E-state index is 0.986. The highest BCUT2D eigenvalue weighted by Crippen LogP contribution is 2.26. The van der Waals surface area contributed by atoms with E-state index in [1.54, 1.807) is 0 Å². The molecular weight excluding hydrogens is 244 g/mol. The standard InChI is InChI=1S/C18H14N2/c1-13-5-4-7-15(11-13)17-12-19-18-10-9-14-6-2-3-8-16(14)20(17)18/h2-12H,1H3. The van der Waals surface area contributed by atoms with Crippen LogP contribution >= 0.6 is 0 Å². The molecular formula is C18H14N2. The first-order valence-electron chi connectivity index (χ1n) is 6.75. The summed E-state index contributed by atoms with van der Waals surface area (Å²) in [7, 11) is 0. The molecule has 0 amide bonds. The van der Waals surface area contributed by atoms with Crippen LogP contribution in [0.2, 0.25) is 0 Å². The van der Waals surface area contributed by atoms with Crippen LogP contribution in [-0.2, 0) is 0 Å². The first-order chi connectivity index (χ1) is 9.83. The summed E-state index contributed by atoms with van der Waals surface area (Å²) in [5.74, 6) is 0. The van der Waals surface area contributed by atoms with Gasteiger partial charge in [-0.05, 0) is 36.6 Å². The van der Waals surface area contributed by atoms with E-state index in [-0.39, 0.29) is 0 Å². The summed E-state index contributed by atoms with van der Waals surface area (Å²) in [5.41, 5.74) is 5.78. The Morgan fingerprint density at radius 2 is 1.80 bits per heavy atom. The smallest absolute Gasteiger partial charge is 0.137 e. The highest BCUT2D eigenvalue weighted by molar-refractivity contribution is 5.84. The van der Waals surface area contributed by atoms with Crippen LogP contribution in [0.15, 0.2) is 66.9 Å². The zero-order chi connectivity index (χ0) is 13.5. The molecule has 2 heteroatoms. The number of hydrogen-bond acceptors (Lipinski definition) is 1. The van der Waals surface area contributed by atoms with E-state index in [2.05, 4.69) is 77.0 Å². The fourth-order valence-electron chi connectivity index (χ4n) is 2.74. The Kier molecular flexibility index (Phi) is 2.36. The van der Waals surface area contributed by atoms with Crippen molar-refractivity contribution in [1.29, 1.82) is 0 Å². The van der Waals surface area contributed by atoms with E-state index in [4.69, 9.17) is 0 Å². The summed E-state index contributed by atoms with van der Waals surface area (Å²) >= 11 is 0. The molecule has 0 atom stereocenters. The lowest BCUT2D eigenvalue weighted by Crippen LogP contribution is -1.91. The number of imidazole rings is 1. The molecule has 2 aromatic carbocycles. The van der Waals surface area contributed by atoms with Gasteiger partial charge in [0.1, 0.15) is 5.65 Å². The van der Waals surface area contributed by atoms with E-state index in [0.717, 1.165) is 11.3 Å². The van der Waals surface area contributed by atoms with Gasteiger partial charge in [-0.1, -0.05) is 42.0 Å². The van der Waals surface area contributed by atoms with Crippen molar-refractivity contribution in [3.8, 4) is 11.3 Å². The molecule has 0 unspecified atom stereocenters. The first-order valence-corrected chi connectivity index (χ1v) is 6.75. The van der Waals surface area contributed by atoms with Crippen molar-refractivity contribution in [2.24, 2.45) is 0 Å². The third kappa shape index (κ3) is 1.62. The third-order valence-corrected chi connectivity index (χ3v) is 3.69. The maximum Gasteiger partial charge on any atom is 0.137 e. The minimum absolute atomic E-state index is 0.986. The van der Waals surface area contributed by atoms with Crippen LogP contribution in [0, 0.1) is 6.92 Å². The van der Waals surface area contributed by atoms with E-state index >= 15 is 0 Å². The highest BCUT2D eigenvalue weighted by atomic mass is 15.0. The Labute approximate surface area is 117 Å². The predicted molar refractivity (Wildman–Crippen MR) is 82.9 cm³/mol. The molecule has 0 spiro atoms. The summed E-state index contributed by atoms with van der Waals surface area (Å²) in [5, 5.41) is 1.23. The second-order valence-electron chi connectivity index (χ2n) is 5.10. The van der Waals surface area contributed by atoms with Crippen LogP contribution in [0.5, 0.6) is 0 Å². The lowest BCUT2D eigenvalue weighted by atomic mass is 10.1. The maximum atomic E-state index is 4.54. The molecule has 0 aliphatic carbocycles. The molecule has 0 saturated heterocycles. The first kappa shape index (κ1) is 11.2. The molecule has 4 aromatic rings. The summed E-state index contributed by atoms with van der Waals surface area (Å²) in [6.45, 7) is 2.12. The van der Waals surface area contributed by atoms with E-state index in [1.807, 2.05) is 6.20 Å². The normalized spacial score (nSPS) is 11.2. The number of nitrogens with zero attached hydrogens (tertiary/aromatic N) is 2. The van der Waals surface area contributed by atoms with Gasteiger partial charge in [-0.2, -0.15) is 0 Å². The molecule has 0 bridgehead atoms. The number of rotatable bonds is 1. The number of fused-ring (bicyclic) bond motifs is 3. The highest BCUT2D eigenvalue weighted by Gasteiger charge is 2.08. The van der Waals surface area contributed by atoms with Crippen molar-refractivity contribution >= 4 is 16.6 Å². The number of aryl methyl sites for hydroxylation is 1.